The highest BCUT2D eigenvalue weighted by Gasteiger charge is 2.46. The Labute approximate surface area is 96.5 Å². The number of carboxylic acid groups (broad SMARTS) is 1. The molecule has 1 saturated heterocycles. The van der Waals surface area contributed by atoms with Gasteiger partial charge in [0, 0.05) is 5.56 Å². The van der Waals surface area contributed by atoms with Crippen molar-refractivity contribution in [1.82, 2.24) is 4.90 Å². The number of phenols is 1. The lowest BCUT2D eigenvalue weighted by molar-refractivity contribution is -0.0897. The first-order valence-electron chi connectivity index (χ1n) is 4.62. The molecule has 0 atom stereocenters. The summed E-state index contributed by atoms with van der Waals surface area (Å²) >= 11 is 5.87. The highest BCUT2D eigenvalue weighted by molar-refractivity contribution is 6.31. The van der Waals surface area contributed by atoms with Crippen molar-refractivity contribution in [1.29, 1.82) is 0 Å². The standard InChI is InChI=1S/C10H10ClNO4/c11-8-3-6(13)1-2-7(8)10(16)4-12(5-10)9(14)15/h1-3,13,16H,4-5H2,(H,14,15). The number of phenolic OH excluding ortho intramolecular Hbond substituents is 1. The molecule has 1 fully saturated rings. The van der Waals surface area contributed by atoms with Gasteiger partial charge in [-0.05, 0) is 12.1 Å². The van der Waals surface area contributed by atoms with Crippen molar-refractivity contribution < 1.29 is 20.1 Å². The van der Waals surface area contributed by atoms with Gasteiger partial charge in [-0.15, -0.1) is 0 Å². The van der Waals surface area contributed by atoms with Crippen molar-refractivity contribution >= 4 is 17.7 Å². The van der Waals surface area contributed by atoms with Crippen molar-refractivity contribution in [2.24, 2.45) is 0 Å². The van der Waals surface area contributed by atoms with Crippen molar-refractivity contribution in [3.05, 3.63) is 28.8 Å². The van der Waals surface area contributed by atoms with Crippen LogP contribution in [0.4, 0.5) is 4.79 Å². The maximum Gasteiger partial charge on any atom is 0.407 e. The van der Waals surface area contributed by atoms with Crippen LogP contribution < -0.4 is 0 Å². The van der Waals surface area contributed by atoms with Gasteiger partial charge in [-0.2, -0.15) is 0 Å². The van der Waals surface area contributed by atoms with Gasteiger partial charge in [0.15, 0.2) is 0 Å². The summed E-state index contributed by atoms with van der Waals surface area (Å²) in [5, 5.41) is 28.2. The van der Waals surface area contributed by atoms with E-state index in [1.807, 2.05) is 0 Å². The van der Waals surface area contributed by atoms with Gasteiger partial charge in [0.25, 0.3) is 0 Å². The van der Waals surface area contributed by atoms with E-state index in [2.05, 4.69) is 0 Å². The maximum atomic E-state index is 10.6. The summed E-state index contributed by atoms with van der Waals surface area (Å²) in [6.45, 7) is -0.0142. The third kappa shape index (κ3) is 1.68. The molecule has 0 unspecified atom stereocenters. The normalized spacial score (nSPS) is 18.0. The number of rotatable bonds is 1. The average Bonchev–Trinajstić information content (AvgIpc) is 2.12. The van der Waals surface area contributed by atoms with E-state index in [1.54, 1.807) is 0 Å². The number of amides is 1. The van der Waals surface area contributed by atoms with Crippen LogP contribution in [0.3, 0.4) is 0 Å². The molecule has 16 heavy (non-hydrogen) atoms. The van der Waals surface area contributed by atoms with E-state index in [4.69, 9.17) is 21.8 Å². The molecule has 2 rings (SSSR count). The Hall–Kier alpha value is -1.46. The van der Waals surface area contributed by atoms with Gasteiger partial charge in [0.1, 0.15) is 11.4 Å². The molecule has 86 valence electrons. The predicted octanol–water partition coefficient (Wildman–Crippen LogP) is 1.23. The lowest BCUT2D eigenvalue weighted by Gasteiger charge is -2.45. The molecule has 5 nitrogen and oxygen atoms in total. The summed E-state index contributed by atoms with van der Waals surface area (Å²) in [6.07, 6.45) is -1.07. The fourth-order valence-electron chi connectivity index (χ4n) is 1.77. The van der Waals surface area contributed by atoms with E-state index in [-0.39, 0.29) is 23.9 Å². The van der Waals surface area contributed by atoms with Crippen LogP contribution in [0.5, 0.6) is 5.75 Å². The Morgan fingerprint density at radius 2 is 2.06 bits per heavy atom. The molecule has 1 aliphatic rings. The molecule has 0 saturated carbocycles. The van der Waals surface area contributed by atoms with E-state index in [0.717, 1.165) is 4.90 Å². The molecular formula is C10H10ClNO4. The zero-order valence-corrected chi connectivity index (χ0v) is 8.98. The van der Waals surface area contributed by atoms with E-state index in [1.165, 1.54) is 18.2 Å². The summed E-state index contributed by atoms with van der Waals surface area (Å²) in [5.74, 6) is 0.00626. The smallest absolute Gasteiger partial charge is 0.407 e. The summed E-state index contributed by atoms with van der Waals surface area (Å²) in [6, 6.07) is 4.22. The van der Waals surface area contributed by atoms with Crippen LogP contribution in [0.2, 0.25) is 5.02 Å². The number of nitrogens with zero attached hydrogens (tertiary/aromatic N) is 1. The second-order valence-electron chi connectivity index (χ2n) is 3.83. The molecule has 1 amide bonds. The number of hydrogen-bond acceptors (Lipinski definition) is 3. The Morgan fingerprint density at radius 3 is 2.56 bits per heavy atom. The second-order valence-corrected chi connectivity index (χ2v) is 4.24. The zero-order chi connectivity index (χ0) is 11.9. The molecule has 1 aromatic rings. The molecule has 0 spiro atoms. The predicted molar refractivity (Wildman–Crippen MR) is 56.6 cm³/mol. The maximum absolute atomic E-state index is 10.6. The van der Waals surface area contributed by atoms with Gasteiger partial charge in [-0.1, -0.05) is 17.7 Å². The number of benzene rings is 1. The summed E-state index contributed by atoms with van der Waals surface area (Å²) in [5.41, 5.74) is -0.812. The second kappa shape index (κ2) is 3.54. The molecule has 0 aliphatic carbocycles. The molecule has 6 heteroatoms. The third-order valence-electron chi connectivity index (χ3n) is 2.63. The highest BCUT2D eigenvalue weighted by atomic mass is 35.5. The van der Waals surface area contributed by atoms with Gasteiger partial charge in [0.2, 0.25) is 0 Å². The van der Waals surface area contributed by atoms with Crippen LogP contribution in [0.1, 0.15) is 5.56 Å². The SMILES string of the molecule is O=C(O)N1CC(O)(c2ccc(O)cc2Cl)C1. The van der Waals surface area contributed by atoms with Crippen LogP contribution >= 0.6 is 11.6 Å². The molecule has 1 aromatic carbocycles. The number of likely N-dealkylation sites (tertiary alicyclic amines) is 1. The Kier molecular flexibility index (Phi) is 2.44. The first-order chi connectivity index (χ1) is 7.42. The van der Waals surface area contributed by atoms with Crippen molar-refractivity contribution in [3.63, 3.8) is 0 Å². The van der Waals surface area contributed by atoms with Gasteiger partial charge in [-0.3, -0.25) is 0 Å². The largest absolute Gasteiger partial charge is 0.508 e. The fourth-order valence-corrected chi connectivity index (χ4v) is 2.12. The fraction of sp³-hybridized carbons (Fsp3) is 0.300. The van der Waals surface area contributed by atoms with Crippen LogP contribution in [0.15, 0.2) is 18.2 Å². The lowest BCUT2D eigenvalue weighted by Crippen LogP contribution is -2.61. The van der Waals surface area contributed by atoms with Gasteiger partial charge < -0.3 is 20.2 Å². The minimum absolute atomic E-state index is 0.00626. The summed E-state index contributed by atoms with van der Waals surface area (Å²) < 4.78 is 0. The van der Waals surface area contributed by atoms with Crippen LogP contribution in [-0.4, -0.2) is 39.4 Å². The van der Waals surface area contributed by atoms with Gasteiger partial charge >= 0.3 is 6.09 Å². The van der Waals surface area contributed by atoms with Crippen LogP contribution in [-0.2, 0) is 5.60 Å². The third-order valence-corrected chi connectivity index (χ3v) is 2.94. The number of halogens is 1. The first kappa shape index (κ1) is 11.0. The molecular weight excluding hydrogens is 234 g/mol. The number of β-amino-alcohol motifs (C(OH)–C–C–N with tert-alkyl or cyclic N) is 1. The zero-order valence-electron chi connectivity index (χ0n) is 8.22. The number of aromatic hydroxyl groups is 1. The monoisotopic (exact) mass is 243 g/mol. The minimum atomic E-state index is -1.25. The Morgan fingerprint density at radius 1 is 1.44 bits per heavy atom. The van der Waals surface area contributed by atoms with Gasteiger partial charge in [0.05, 0.1) is 18.1 Å². The Bertz CT molecular complexity index is 442. The van der Waals surface area contributed by atoms with E-state index >= 15 is 0 Å². The molecule has 1 aliphatic heterocycles. The number of hydrogen-bond donors (Lipinski definition) is 3. The van der Waals surface area contributed by atoms with E-state index in [0.29, 0.717) is 5.56 Å². The summed E-state index contributed by atoms with van der Waals surface area (Å²) in [7, 11) is 0. The molecule has 1 heterocycles. The topological polar surface area (TPSA) is 81.0 Å². The molecule has 0 radical (unpaired) electrons. The van der Waals surface area contributed by atoms with Crippen molar-refractivity contribution in [2.45, 2.75) is 5.60 Å². The van der Waals surface area contributed by atoms with E-state index in [9.17, 15) is 9.90 Å². The van der Waals surface area contributed by atoms with Crippen molar-refractivity contribution in [3.8, 4) is 5.75 Å². The number of aliphatic hydroxyl groups is 1. The van der Waals surface area contributed by atoms with Crippen molar-refractivity contribution in [2.75, 3.05) is 13.1 Å². The van der Waals surface area contributed by atoms with Gasteiger partial charge in [-0.25, -0.2) is 4.79 Å². The van der Waals surface area contributed by atoms with E-state index < -0.39 is 11.7 Å². The minimum Gasteiger partial charge on any atom is -0.508 e. The molecule has 0 bridgehead atoms. The lowest BCUT2D eigenvalue weighted by atomic mass is 9.86. The Balaban J connectivity index is 2.23. The van der Waals surface area contributed by atoms with Crippen LogP contribution in [0.25, 0.3) is 0 Å². The highest BCUT2D eigenvalue weighted by Crippen LogP contribution is 2.37. The molecule has 3 N–H and O–H groups in total. The quantitative estimate of drug-likeness (QED) is 0.693. The average molecular weight is 244 g/mol. The summed E-state index contributed by atoms with van der Waals surface area (Å²) in [4.78, 5) is 11.7. The molecule has 0 aromatic heterocycles. The first-order valence-corrected chi connectivity index (χ1v) is 4.99. The number of carbonyl (C=O) groups is 1. The van der Waals surface area contributed by atoms with Crippen LogP contribution in [0, 0.1) is 0 Å².